The molecule has 0 fully saturated rings. The van der Waals surface area contributed by atoms with E-state index in [1.54, 1.807) is 0 Å². The molecule has 0 aliphatic carbocycles. The highest BCUT2D eigenvalue weighted by Gasteiger charge is 2.22. The van der Waals surface area contributed by atoms with Crippen LogP contribution in [0.4, 0.5) is 0 Å². The Labute approximate surface area is 199 Å². The minimum absolute atomic E-state index is 0.0368. The molecule has 4 aromatic rings. The van der Waals surface area contributed by atoms with Gasteiger partial charge >= 0.3 is 0 Å². The maximum atomic E-state index is 12.5. The van der Waals surface area contributed by atoms with Gasteiger partial charge in [0.15, 0.2) is 5.82 Å². The summed E-state index contributed by atoms with van der Waals surface area (Å²) in [5.74, 6) is 1.86. The zero-order valence-electron chi connectivity index (χ0n) is 19.5. The first-order valence-corrected chi connectivity index (χ1v) is 12.0. The molecule has 174 valence electrons. The van der Waals surface area contributed by atoms with Gasteiger partial charge in [0.05, 0.1) is 11.6 Å². The van der Waals surface area contributed by atoms with Crippen LogP contribution in [0.5, 0.6) is 0 Å². The van der Waals surface area contributed by atoms with Crippen LogP contribution in [-0.2, 0) is 30.7 Å². The van der Waals surface area contributed by atoms with Gasteiger partial charge in [-0.3, -0.25) is 14.7 Å². The Morgan fingerprint density at radius 1 is 1.00 bits per heavy atom. The summed E-state index contributed by atoms with van der Waals surface area (Å²) in [6.45, 7) is 5.55. The third-order valence-electron chi connectivity index (χ3n) is 6.47. The van der Waals surface area contributed by atoms with Crippen molar-refractivity contribution in [1.82, 2.24) is 30.0 Å². The van der Waals surface area contributed by atoms with E-state index in [4.69, 9.17) is 0 Å². The Hall–Kier alpha value is -3.58. The number of pyridine rings is 1. The molecule has 7 nitrogen and oxygen atoms in total. The summed E-state index contributed by atoms with van der Waals surface area (Å²) >= 11 is 0. The summed E-state index contributed by atoms with van der Waals surface area (Å²) in [5, 5.41) is 13.2. The minimum Gasteiger partial charge on any atom is -0.346 e. The Kier molecular flexibility index (Phi) is 6.62. The number of amides is 1. The van der Waals surface area contributed by atoms with Crippen molar-refractivity contribution in [2.75, 3.05) is 13.1 Å². The fraction of sp³-hybridized carbons (Fsp3) is 0.333. The van der Waals surface area contributed by atoms with Gasteiger partial charge in [0, 0.05) is 50.6 Å². The molecule has 5 rings (SSSR count). The molecule has 0 saturated carbocycles. The van der Waals surface area contributed by atoms with Gasteiger partial charge in [-0.25, -0.2) is 0 Å². The van der Waals surface area contributed by atoms with Crippen LogP contribution in [0.15, 0.2) is 66.9 Å². The van der Waals surface area contributed by atoms with Crippen molar-refractivity contribution in [3.8, 4) is 0 Å². The van der Waals surface area contributed by atoms with E-state index in [9.17, 15) is 4.79 Å². The van der Waals surface area contributed by atoms with Gasteiger partial charge in [-0.2, -0.15) is 0 Å². The van der Waals surface area contributed by atoms with Crippen molar-refractivity contribution in [1.29, 1.82) is 0 Å². The Morgan fingerprint density at radius 3 is 2.76 bits per heavy atom. The van der Waals surface area contributed by atoms with Crippen LogP contribution in [0.1, 0.15) is 42.2 Å². The zero-order valence-corrected chi connectivity index (χ0v) is 19.5. The molecule has 2 aromatic carbocycles. The number of aryl methyl sites for hydroxylation is 1. The quantitative estimate of drug-likeness (QED) is 0.461. The predicted octanol–water partition coefficient (Wildman–Crippen LogP) is 3.69. The third kappa shape index (κ3) is 5.15. The van der Waals surface area contributed by atoms with Gasteiger partial charge in [0.2, 0.25) is 5.91 Å². The SMILES string of the molecule is CC(NC(=O)CCc1ccccc1)c1nnc2n1CCN(Cc1ccc3ncccc3c1)CC2. The van der Waals surface area contributed by atoms with Crippen LogP contribution < -0.4 is 5.32 Å². The summed E-state index contributed by atoms with van der Waals surface area (Å²) in [4.78, 5) is 19.4. The number of fused-ring (bicyclic) bond motifs is 2. The normalized spacial score (nSPS) is 15.0. The highest BCUT2D eigenvalue weighted by molar-refractivity contribution is 5.79. The zero-order chi connectivity index (χ0) is 23.3. The molecular formula is C27H30N6O. The van der Waals surface area contributed by atoms with Crippen molar-refractivity contribution in [2.45, 2.75) is 45.3 Å². The topological polar surface area (TPSA) is 75.9 Å². The van der Waals surface area contributed by atoms with Gasteiger partial charge in [0.25, 0.3) is 0 Å². The monoisotopic (exact) mass is 454 g/mol. The molecule has 7 heteroatoms. The van der Waals surface area contributed by atoms with Crippen LogP contribution in [-0.4, -0.2) is 43.6 Å². The molecule has 1 aliphatic rings. The number of benzene rings is 2. The minimum atomic E-state index is -0.177. The summed E-state index contributed by atoms with van der Waals surface area (Å²) in [6, 6.07) is 20.5. The molecular weight excluding hydrogens is 424 g/mol. The standard InChI is InChI=1S/C27H30N6O/c1-20(29-26(34)12-10-21-6-3-2-4-7-21)27-31-30-25-13-15-32(16-17-33(25)27)19-22-9-11-24-23(18-22)8-5-14-28-24/h2-9,11,14,18,20H,10,12-13,15-17,19H2,1H3,(H,29,34). The van der Waals surface area contributed by atoms with Crippen molar-refractivity contribution >= 4 is 16.8 Å². The van der Waals surface area contributed by atoms with Crippen molar-refractivity contribution in [3.63, 3.8) is 0 Å². The van der Waals surface area contributed by atoms with Gasteiger partial charge in [0.1, 0.15) is 5.82 Å². The lowest BCUT2D eigenvalue weighted by atomic mass is 10.1. The van der Waals surface area contributed by atoms with E-state index in [-0.39, 0.29) is 11.9 Å². The molecule has 1 amide bonds. The predicted molar refractivity (Wildman–Crippen MR) is 132 cm³/mol. The Bertz CT molecular complexity index is 1270. The lowest BCUT2D eigenvalue weighted by Gasteiger charge is -2.20. The van der Waals surface area contributed by atoms with E-state index in [1.807, 2.05) is 37.4 Å². The number of carbonyl (C=O) groups excluding carboxylic acids is 1. The molecule has 0 radical (unpaired) electrons. The smallest absolute Gasteiger partial charge is 0.220 e. The Balaban J connectivity index is 1.19. The van der Waals surface area contributed by atoms with Gasteiger partial charge in [-0.1, -0.05) is 42.5 Å². The van der Waals surface area contributed by atoms with Crippen molar-refractivity contribution < 1.29 is 4.79 Å². The van der Waals surface area contributed by atoms with E-state index < -0.39 is 0 Å². The van der Waals surface area contributed by atoms with Crippen LogP contribution in [0.3, 0.4) is 0 Å². The lowest BCUT2D eigenvalue weighted by molar-refractivity contribution is -0.121. The van der Waals surface area contributed by atoms with E-state index in [0.717, 1.165) is 56.2 Å². The average molecular weight is 455 g/mol. The fourth-order valence-electron chi connectivity index (χ4n) is 4.63. The third-order valence-corrected chi connectivity index (χ3v) is 6.47. The second kappa shape index (κ2) is 10.1. The summed E-state index contributed by atoms with van der Waals surface area (Å²) < 4.78 is 2.19. The highest BCUT2D eigenvalue weighted by atomic mass is 16.1. The molecule has 34 heavy (non-hydrogen) atoms. The second-order valence-corrected chi connectivity index (χ2v) is 8.96. The number of aromatic nitrogens is 4. The average Bonchev–Trinajstić information content (AvgIpc) is 3.18. The number of hydrogen-bond donors (Lipinski definition) is 1. The molecule has 1 unspecified atom stereocenters. The van der Waals surface area contributed by atoms with Crippen LogP contribution in [0.2, 0.25) is 0 Å². The highest BCUT2D eigenvalue weighted by Crippen LogP contribution is 2.19. The molecule has 0 saturated heterocycles. The number of hydrogen-bond acceptors (Lipinski definition) is 5. The van der Waals surface area contributed by atoms with Crippen LogP contribution in [0.25, 0.3) is 10.9 Å². The lowest BCUT2D eigenvalue weighted by Crippen LogP contribution is -2.30. The van der Waals surface area contributed by atoms with E-state index in [1.165, 1.54) is 16.5 Å². The molecule has 0 bridgehead atoms. The molecule has 1 atom stereocenters. The van der Waals surface area contributed by atoms with Crippen molar-refractivity contribution in [2.24, 2.45) is 0 Å². The number of carbonyl (C=O) groups is 1. The number of rotatable bonds is 7. The van der Waals surface area contributed by atoms with E-state index in [0.29, 0.717) is 6.42 Å². The molecule has 0 spiro atoms. The maximum Gasteiger partial charge on any atom is 0.220 e. The molecule has 1 aliphatic heterocycles. The van der Waals surface area contributed by atoms with E-state index in [2.05, 4.69) is 66.4 Å². The van der Waals surface area contributed by atoms with Crippen LogP contribution >= 0.6 is 0 Å². The maximum absolute atomic E-state index is 12.5. The van der Waals surface area contributed by atoms with E-state index >= 15 is 0 Å². The summed E-state index contributed by atoms with van der Waals surface area (Å²) in [6.07, 6.45) is 3.87. The van der Waals surface area contributed by atoms with Gasteiger partial charge in [-0.15, -0.1) is 10.2 Å². The Morgan fingerprint density at radius 2 is 1.88 bits per heavy atom. The number of nitrogens with one attached hydrogen (secondary N) is 1. The first-order chi connectivity index (χ1) is 16.7. The fourth-order valence-corrected chi connectivity index (χ4v) is 4.63. The summed E-state index contributed by atoms with van der Waals surface area (Å²) in [7, 11) is 0. The van der Waals surface area contributed by atoms with Gasteiger partial charge in [-0.05, 0) is 42.7 Å². The molecule has 1 N–H and O–H groups in total. The van der Waals surface area contributed by atoms with Crippen molar-refractivity contribution in [3.05, 3.63) is 89.6 Å². The second-order valence-electron chi connectivity index (χ2n) is 8.96. The largest absolute Gasteiger partial charge is 0.346 e. The summed E-state index contributed by atoms with van der Waals surface area (Å²) in [5.41, 5.74) is 3.49. The van der Waals surface area contributed by atoms with Gasteiger partial charge < -0.3 is 9.88 Å². The molecule has 3 heterocycles. The first-order valence-electron chi connectivity index (χ1n) is 12.0. The molecule has 2 aromatic heterocycles. The number of nitrogens with zero attached hydrogens (tertiary/aromatic N) is 5. The van der Waals surface area contributed by atoms with Crippen LogP contribution in [0, 0.1) is 0 Å². The first kappa shape index (κ1) is 22.2.